The first-order valence-electron chi connectivity index (χ1n) is 13.7. The van der Waals surface area contributed by atoms with Crippen LogP contribution in [0.5, 0.6) is 5.75 Å². The Hall–Kier alpha value is -3.15. The maximum absolute atomic E-state index is 12.4. The standard InChI is InChI=1S/C34H42O5/c1-32(2,3)22-9-12-25-26-13-10-23(33(4,5)6)21-29(26)34(7,28(25)20-22)24-11-14-30(27(19-24)31(35)36)39-18-17-38-16-15-37-8/h9-14,19-21H,15-18H2,1-8H3,(H,35,36). The number of carbonyl (C=O) groups is 1. The summed E-state index contributed by atoms with van der Waals surface area (Å²) in [4.78, 5) is 12.4. The minimum absolute atomic E-state index is 0.0173. The first-order valence-corrected chi connectivity index (χ1v) is 13.7. The Bertz CT molecular complexity index is 1290. The van der Waals surface area contributed by atoms with E-state index in [4.69, 9.17) is 14.2 Å². The van der Waals surface area contributed by atoms with E-state index in [1.165, 1.54) is 33.4 Å². The van der Waals surface area contributed by atoms with Gasteiger partial charge in [-0.1, -0.05) is 84.0 Å². The van der Waals surface area contributed by atoms with Crippen LogP contribution >= 0.6 is 0 Å². The zero-order chi connectivity index (χ0) is 28.6. The Kier molecular flexibility index (Phi) is 7.98. The van der Waals surface area contributed by atoms with Gasteiger partial charge >= 0.3 is 5.97 Å². The van der Waals surface area contributed by atoms with Gasteiger partial charge in [-0.15, -0.1) is 0 Å². The average molecular weight is 531 g/mol. The Morgan fingerprint density at radius 2 is 1.31 bits per heavy atom. The molecule has 0 radical (unpaired) electrons. The topological polar surface area (TPSA) is 65.0 Å². The summed E-state index contributed by atoms with van der Waals surface area (Å²) in [5.74, 6) is -0.670. The van der Waals surface area contributed by atoms with Crippen molar-refractivity contribution in [2.75, 3.05) is 33.5 Å². The summed E-state index contributed by atoms with van der Waals surface area (Å²) in [6, 6.07) is 19.1. The number of fused-ring (bicyclic) bond motifs is 3. The summed E-state index contributed by atoms with van der Waals surface area (Å²) in [5, 5.41) is 10.2. The van der Waals surface area contributed by atoms with Gasteiger partial charge in [-0.05, 0) is 68.8 Å². The van der Waals surface area contributed by atoms with Crippen molar-refractivity contribution in [1.82, 2.24) is 0 Å². The molecule has 1 aliphatic carbocycles. The van der Waals surface area contributed by atoms with E-state index in [-0.39, 0.29) is 23.0 Å². The number of carboxylic acid groups (broad SMARTS) is 1. The van der Waals surface area contributed by atoms with Crippen molar-refractivity contribution in [3.05, 3.63) is 88.0 Å². The highest BCUT2D eigenvalue weighted by Crippen LogP contribution is 2.54. The van der Waals surface area contributed by atoms with Gasteiger partial charge in [0, 0.05) is 12.5 Å². The van der Waals surface area contributed by atoms with Gasteiger partial charge in [0.1, 0.15) is 17.9 Å². The summed E-state index contributed by atoms with van der Waals surface area (Å²) in [5.41, 5.74) is 7.83. The van der Waals surface area contributed by atoms with E-state index in [0.717, 1.165) is 5.56 Å². The summed E-state index contributed by atoms with van der Waals surface area (Å²) in [6.45, 7) is 17.1. The largest absolute Gasteiger partial charge is 0.490 e. The van der Waals surface area contributed by atoms with Gasteiger partial charge in [0.15, 0.2) is 0 Å². The lowest BCUT2D eigenvalue weighted by molar-refractivity contribution is 0.0535. The number of rotatable bonds is 9. The molecule has 0 fully saturated rings. The molecule has 39 heavy (non-hydrogen) atoms. The van der Waals surface area contributed by atoms with E-state index in [9.17, 15) is 9.90 Å². The van der Waals surface area contributed by atoms with Crippen LogP contribution in [0.1, 0.15) is 86.6 Å². The predicted octanol–water partition coefficient (Wildman–Crippen LogP) is 7.36. The smallest absolute Gasteiger partial charge is 0.339 e. The number of methoxy groups -OCH3 is 1. The van der Waals surface area contributed by atoms with E-state index in [0.29, 0.717) is 25.6 Å². The predicted molar refractivity (Wildman–Crippen MR) is 156 cm³/mol. The summed E-state index contributed by atoms with van der Waals surface area (Å²) in [7, 11) is 1.62. The molecule has 5 nitrogen and oxygen atoms in total. The number of ether oxygens (including phenoxy) is 3. The van der Waals surface area contributed by atoms with Crippen LogP contribution in [-0.4, -0.2) is 44.6 Å². The molecule has 0 saturated heterocycles. The Morgan fingerprint density at radius 1 is 0.769 bits per heavy atom. The van der Waals surface area contributed by atoms with Crippen LogP contribution in [0.4, 0.5) is 0 Å². The molecule has 3 aromatic rings. The highest BCUT2D eigenvalue weighted by Gasteiger charge is 2.42. The van der Waals surface area contributed by atoms with Gasteiger partial charge < -0.3 is 19.3 Å². The molecule has 3 aromatic carbocycles. The molecule has 1 aliphatic rings. The SMILES string of the molecule is COCCOCCOc1ccc(C2(C)c3cc(C(C)(C)C)ccc3-c3ccc(C(C)(C)C)cc32)cc1C(=O)O. The molecule has 1 N–H and O–H groups in total. The van der Waals surface area contributed by atoms with Gasteiger partial charge in [-0.2, -0.15) is 0 Å². The zero-order valence-electron chi connectivity index (χ0n) is 24.6. The number of hydrogen-bond acceptors (Lipinski definition) is 4. The second-order valence-electron chi connectivity index (χ2n) is 12.6. The van der Waals surface area contributed by atoms with Crippen LogP contribution in [0, 0.1) is 0 Å². The molecule has 0 unspecified atom stereocenters. The third kappa shape index (κ3) is 5.61. The van der Waals surface area contributed by atoms with Crippen molar-refractivity contribution >= 4 is 5.97 Å². The van der Waals surface area contributed by atoms with Gasteiger partial charge in [0.25, 0.3) is 0 Å². The van der Waals surface area contributed by atoms with Crippen molar-refractivity contribution in [3.8, 4) is 16.9 Å². The van der Waals surface area contributed by atoms with Crippen molar-refractivity contribution in [2.24, 2.45) is 0 Å². The van der Waals surface area contributed by atoms with E-state index in [1.807, 2.05) is 6.07 Å². The van der Waals surface area contributed by atoms with Crippen LogP contribution in [0.25, 0.3) is 11.1 Å². The minimum Gasteiger partial charge on any atom is -0.490 e. The molecule has 5 heteroatoms. The van der Waals surface area contributed by atoms with E-state index < -0.39 is 11.4 Å². The Labute approximate surface area is 233 Å². The normalized spacial score (nSPS) is 14.2. The van der Waals surface area contributed by atoms with E-state index >= 15 is 0 Å². The van der Waals surface area contributed by atoms with Crippen molar-refractivity contribution < 1.29 is 24.1 Å². The third-order valence-corrected chi connectivity index (χ3v) is 7.84. The first kappa shape index (κ1) is 28.8. The van der Waals surface area contributed by atoms with E-state index in [2.05, 4.69) is 84.9 Å². The van der Waals surface area contributed by atoms with Crippen molar-refractivity contribution in [2.45, 2.75) is 64.7 Å². The molecule has 0 aliphatic heterocycles. The van der Waals surface area contributed by atoms with Gasteiger partial charge in [0.05, 0.1) is 19.8 Å². The summed E-state index contributed by atoms with van der Waals surface area (Å²) >= 11 is 0. The van der Waals surface area contributed by atoms with Crippen molar-refractivity contribution in [3.63, 3.8) is 0 Å². The van der Waals surface area contributed by atoms with Crippen LogP contribution in [0.15, 0.2) is 54.6 Å². The number of carboxylic acids is 1. The molecular formula is C34H42O5. The second-order valence-corrected chi connectivity index (χ2v) is 12.6. The van der Waals surface area contributed by atoms with Crippen LogP contribution in [0.2, 0.25) is 0 Å². The van der Waals surface area contributed by atoms with Gasteiger partial charge in [0.2, 0.25) is 0 Å². The molecule has 4 rings (SSSR count). The Balaban J connectivity index is 1.83. The molecule has 0 spiro atoms. The van der Waals surface area contributed by atoms with Gasteiger partial charge in [-0.3, -0.25) is 0 Å². The molecular weight excluding hydrogens is 488 g/mol. The Morgan fingerprint density at radius 3 is 1.79 bits per heavy atom. The molecule has 0 amide bonds. The number of hydrogen-bond donors (Lipinski definition) is 1. The van der Waals surface area contributed by atoms with E-state index in [1.54, 1.807) is 19.2 Å². The molecule has 0 atom stereocenters. The minimum atomic E-state index is -1.01. The molecule has 0 bridgehead atoms. The molecule has 0 aromatic heterocycles. The maximum atomic E-state index is 12.4. The fraction of sp³-hybridized carbons (Fsp3) is 0.441. The summed E-state index contributed by atoms with van der Waals surface area (Å²) < 4.78 is 16.3. The fourth-order valence-electron chi connectivity index (χ4n) is 5.36. The monoisotopic (exact) mass is 530 g/mol. The fourth-order valence-corrected chi connectivity index (χ4v) is 5.36. The van der Waals surface area contributed by atoms with Crippen LogP contribution < -0.4 is 4.74 Å². The first-order chi connectivity index (χ1) is 18.3. The average Bonchev–Trinajstić information content (AvgIpc) is 3.13. The summed E-state index contributed by atoms with van der Waals surface area (Å²) in [6.07, 6.45) is 0. The lowest BCUT2D eigenvalue weighted by Gasteiger charge is -2.31. The molecule has 208 valence electrons. The third-order valence-electron chi connectivity index (χ3n) is 7.84. The van der Waals surface area contributed by atoms with Crippen LogP contribution in [-0.2, 0) is 25.7 Å². The van der Waals surface area contributed by atoms with Gasteiger partial charge in [-0.25, -0.2) is 4.79 Å². The zero-order valence-corrected chi connectivity index (χ0v) is 24.6. The second kappa shape index (κ2) is 10.8. The van der Waals surface area contributed by atoms with Crippen molar-refractivity contribution in [1.29, 1.82) is 0 Å². The number of aromatic carboxylic acids is 1. The maximum Gasteiger partial charge on any atom is 0.339 e. The molecule has 0 heterocycles. The lowest BCUT2D eigenvalue weighted by atomic mass is 9.71. The van der Waals surface area contributed by atoms with Crippen LogP contribution in [0.3, 0.4) is 0 Å². The molecule has 0 saturated carbocycles. The quantitative estimate of drug-likeness (QED) is 0.293. The highest BCUT2D eigenvalue weighted by molar-refractivity contribution is 5.92. The number of benzene rings is 3. The highest BCUT2D eigenvalue weighted by atomic mass is 16.5. The lowest BCUT2D eigenvalue weighted by Crippen LogP contribution is -2.25.